The van der Waals surface area contributed by atoms with Crippen molar-refractivity contribution in [2.45, 2.75) is 10.4 Å². The largest absolute Gasteiger partial charge is 0.446 e. The van der Waals surface area contributed by atoms with Gasteiger partial charge in [-0.25, -0.2) is 13.2 Å². The predicted octanol–water partition coefficient (Wildman–Crippen LogP) is 5.02. The highest BCUT2D eigenvalue weighted by atomic mass is 35.5. The summed E-state index contributed by atoms with van der Waals surface area (Å²) in [6, 6.07) is 0. The van der Waals surface area contributed by atoms with Crippen LogP contribution in [-0.2, 0) is 0 Å². The van der Waals surface area contributed by atoms with E-state index in [1.54, 1.807) is 0 Å². The molecule has 0 fully saturated rings. The van der Waals surface area contributed by atoms with Crippen LogP contribution in [-0.4, -0.2) is 5.51 Å². The van der Waals surface area contributed by atoms with Gasteiger partial charge in [0.25, 0.3) is 0 Å². The summed E-state index contributed by atoms with van der Waals surface area (Å²) in [4.78, 5) is -1.10. The summed E-state index contributed by atoms with van der Waals surface area (Å²) < 4.78 is 74.2. The molecule has 0 spiro atoms. The lowest BCUT2D eigenvalue weighted by atomic mass is 10.3. The molecule has 16 heavy (non-hydrogen) atoms. The van der Waals surface area contributed by atoms with Crippen LogP contribution in [0, 0.1) is 17.5 Å². The van der Waals surface area contributed by atoms with Crippen LogP contribution in [0.4, 0.5) is 26.3 Å². The third-order valence-electron chi connectivity index (χ3n) is 1.39. The molecule has 0 aliphatic rings. The SMILES string of the molecule is Fc1c(F)c(Cl)c(SC(F)(F)F)c(Cl)c1F. The molecule has 0 aliphatic carbocycles. The van der Waals surface area contributed by atoms with Gasteiger partial charge in [0, 0.05) is 0 Å². The van der Waals surface area contributed by atoms with Crippen LogP contribution in [0.2, 0.25) is 10.0 Å². The first kappa shape index (κ1) is 13.8. The maximum absolute atomic E-state index is 12.8. The third-order valence-corrected chi connectivity index (χ3v) is 3.17. The van der Waals surface area contributed by atoms with Crippen molar-refractivity contribution in [2.75, 3.05) is 0 Å². The Balaban J connectivity index is 3.40. The second-order valence-electron chi connectivity index (χ2n) is 2.45. The average Bonchev–Trinajstić information content (AvgIpc) is 2.17. The van der Waals surface area contributed by atoms with Crippen molar-refractivity contribution in [1.82, 2.24) is 0 Å². The number of hydrogen-bond acceptors (Lipinski definition) is 1. The summed E-state index contributed by atoms with van der Waals surface area (Å²) in [5, 5.41) is -2.41. The Morgan fingerprint density at radius 3 is 1.50 bits per heavy atom. The summed E-state index contributed by atoms with van der Waals surface area (Å²) in [6.45, 7) is 0. The van der Waals surface area contributed by atoms with Gasteiger partial charge in [0.1, 0.15) is 0 Å². The Kier molecular flexibility index (Phi) is 3.91. The number of hydrogen-bond donors (Lipinski definition) is 0. The summed E-state index contributed by atoms with van der Waals surface area (Å²) >= 11 is 9.27. The molecule has 0 saturated heterocycles. The molecule has 0 amide bonds. The van der Waals surface area contributed by atoms with Crippen LogP contribution in [0.3, 0.4) is 0 Å². The Morgan fingerprint density at radius 1 is 0.812 bits per heavy atom. The molecule has 90 valence electrons. The smallest absolute Gasteiger partial charge is 0.202 e. The standard InChI is InChI=1S/C7Cl2F6S/c8-1-3(10)5(12)4(11)2(9)6(1)16-7(13,14)15. The van der Waals surface area contributed by atoms with Gasteiger partial charge in [-0.3, -0.25) is 0 Å². The maximum Gasteiger partial charge on any atom is 0.446 e. The molecule has 0 nitrogen and oxygen atoms in total. The highest BCUT2D eigenvalue weighted by molar-refractivity contribution is 8.00. The Hall–Kier alpha value is -0.270. The molecule has 0 heterocycles. The summed E-state index contributed by atoms with van der Waals surface area (Å²) in [6.07, 6.45) is 0. The predicted molar refractivity (Wildman–Crippen MR) is 48.2 cm³/mol. The van der Waals surface area contributed by atoms with E-state index in [0.717, 1.165) is 0 Å². The van der Waals surface area contributed by atoms with Crippen LogP contribution in [0.5, 0.6) is 0 Å². The molecule has 0 aliphatic heterocycles. The van der Waals surface area contributed by atoms with E-state index in [2.05, 4.69) is 0 Å². The van der Waals surface area contributed by atoms with E-state index < -0.39 is 49.7 Å². The lowest BCUT2D eigenvalue weighted by molar-refractivity contribution is -0.0328. The first-order valence-corrected chi connectivity index (χ1v) is 4.99. The van der Waals surface area contributed by atoms with Crippen LogP contribution in [0.15, 0.2) is 4.90 Å². The highest BCUT2D eigenvalue weighted by Gasteiger charge is 2.34. The minimum atomic E-state index is -4.84. The Morgan fingerprint density at radius 2 is 1.19 bits per heavy atom. The van der Waals surface area contributed by atoms with Crippen LogP contribution in [0.25, 0.3) is 0 Å². The lowest BCUT2D eigenvalue weighted by Crippen LogP contribution is -2.03. The molecule has 0 saturated carbocycles. The van der Waals surface area contributed by atoms with Gasteiger partial charge < -0.3 is 0 Å². The summed E-state index contributed by atoms with van der Waals surface area (Å²) in [7, 11) is 0. The van der Waals surface area contributed by atoms with E-state index in [0.29, 0.717) is 0 Å². The number of alkyl halides is 3. The molecule has 1 rings (SSSR count). The van der Waals surface area contributed by atoms with E-state index >= 15 is 0 Å². The quantitative estimate of drug-likeness (QED) is 0.304. The van der Waals surface area contributed by atoms with Gasteiger partial charge in [-0.2, -0.15) is 13.2 Å². The van der Waals surface area contributed by atoms with Crippen LogP contribution in [0.1, 0.15) is 0 Å². The van der Waals surface area contributed by atoms with E-state index in [1.807, 2.05) is 0 Å². The van der Waals surface area contributed by atoms with Gasteiger partial charge in [0.15, 0.2) is 17.5 Å². The van der Waals surface area contributed by atoms with Crippen LogP contribution >= 0.6 is 35.0 Å². The Bertz CT molecular complexity index is 401. The molecule has 1 aromatic rings. The molecule has 0 aromatic heterocycles. The van der Waals surface area contributed by atoms with E-state index in [-0.39, 0.29) is 0 Å². The van der Waals surface area contributed by atoms with E-state index in [9.17, 15) is 26.3 Å². The van der Waals surface area contributed by atoms with Crippen molar-refractivity contribution >= 4 is 35.0 Å². The van der Waals surface area contributed by atoms with Crippen molar-refractivity contribution in [3.63, 3.8) is 0 Å². The summed E-state index contributed by atoms with van der Waals surface area (Å²) in [5.41, 5.74) is -4.84. The monoisotopic (exact) mass is 300 g/mol. The number of benzene rings is 1. The molecule has 0 bridgehead atoms. The third kappa shape index (κ3) is 2.70. The average molecular weight is 301 g/mol. The zero-order valence-corrected chi connectivity index (χ0v) is 9.26. The fourth-order valence-corrected chi connectivity index (χ4v) is 2.01. The highest BCUT2D eigenvalue weighted by Crippen LogP contribution is 2.46. The Labute approximate surface area is 99.5 Å². The normalized spacial score (nSPS) is 12.0. The topological polar surface area (TPSA) is 0 Å². The maximum atomic E-state index is 12.8. The van der Waals surface area contributed by atoms with E-state index in [4.69, 9.17) is 23.2 Å². The lowest BCUT2D eigenvalue weighted by Gasteiger charge is -2.11. The molecular formula is C7Cl2F6S. The zero-order chi connectivity index (χ0) is 12.7. The molecule has 0 unspecified atom stereocenters. The van der Waals surface area contributed by atoms with Crippen molar-refractivity contribution in [2.24, 2.45) is 0 Å². The number of thioether (sulfide) groups is 1. The molecule has 0 radical (unpaired) electrons. The zero-order valence-electron chi connectivity index (χ0n) is 6.93. The molecule has 9 heteroatoms. The number of rotatable bonds is 1. The van der Waals surface area contributed by atoms with Crippen LogP contribution < -0.4 is 0 Å². The van der Waals surface area contributed by atoms with Gasteiger partial charge in [0.2, 0.25) is 0 Å². The van der Waals surface area contributed by atoms with Gasteiger partial charge >= 0.3 is 5.51 Å². The second kappa shape index (κ2) is 4.54. The van der Waals surface area contributed by atoms with Gasteiger partial charge in [-0.1, -0.05) is 23.2 Å². The van der Waals surface area contributed by atoms with Crippen molar-refractivity contribution in [3.05, 3.63) is 27.5 Å². The molecule has 0 atom stereocenters. The first-order valence-electron chi connectivity index (χ1n) is 3.42. The number of halogens is 8. The van der Waals surface area contributed by atoms with Gasteiger partial charge in [-0.05, 0) is 11.8 Å². The molecule has 0 N–H and O–H groups in total. The minimum Gasteiger partial charge on any atom is -0.202 e. The van der Waals surface area contributed by atoms with Crippen molar-refractivity contribution in [1.29, 1.82) is 0 Å². The molecular weight excluding hydrogens is 301 g/mol. The fraction of sp³-hybridized carbons (Fsp3) is 0.143. The van der Waals surface area contributed by atoms with Crippen molar-refractivity contribution in [3.8, 4) is 0 Å². The van der Waals surface area contributed by atoms with Gasteiger partial charge in [-0.15, -0.1) is 0 Å². The minimum absolute atomic E-state index is 0.920. The summed E-state index contributed by atoms with van der Waals surface area (Å²) in [5.74, 6) is -5.83. The van der Waals surface area contributed by atoms with E-state index in [1.165, 1.54) is 0 Å². The fourth-order valence-electron chi connectivity index (χ4n) is 0.790. The first-order chi connectivity index (χ1) is 7.15. The van der Waals surface area contributed by atoms with Crippen molar-refractivity contribution < 1.29 is 26.3 Å². The molecule has 1 aromatic carbocycles. The second-order valence-corrected chi connectivity index (χ2v) is 4.28. The van der Waals surface area contributed by atoms with Gasteiger partial charge in [0.05, 0.1) is 14.9 Å².